The van der Waals surface area contributed by atoms with Gasteiger partial charge < -0.3 is 9.47 Å². The molecular weight excluding hydrogens is 474 g/mol. The molecule has 0 spiro atoms. The second-order valence-corrected chi connectivity index (χ2v) is 9.46. The molecule has 1 N–H and O–H groups in total. The fourth-order valence-corrected chi connectivity index (χ4v) is 4.85. The van der Waals surface area contributed by atoms with Crippen molar-refractivity contribution in [1.82, 2.24) is 5.32 Å². The average Bonchev–Trinajstić information content (AvgIpc) is 3.53. The van der Waals surface area contributed by atoms with Crippen molar-refractivity contribution < 1.29 is 19.1 Å². The van der Waals surface area contributed by atoms with Crippen LogP contribution in [0.3, 0.4) is 0 Å². The van der Waals surface area contributed by atoms with Crippen molar-refractivity contribution in [3.8, 4) is 11.1 Å². The maximum absolute atomic E-state index is 12.6. The molecule has 1 saturated carbocycles. The van der Waals surface area contributed by atoms with Crippen molar-refractivity contribution in [2.24, 2.45) is 0 Å². The predicted octanol–water partition coefficient (Wildman–Crippen LogP) is 7.33. The van der Waals surface area contributed by atoms with E-state index in [4.69, 9.17) is 21.1 Å². The van der Waals surface area contributed by atoms with Gasteiger partial charge in [-0.15, -0.1) is 0 Å². The molecule has 1 atom stereocenters. The highest BCUT2D eigenvalue weighted by Gasteiger charge is 2.46. The Hall–Kier alpha value is -3.83. The number of amides is 1. The van der Waals surface area contributed by atoms with Gasteiger partial charge in [-0.05, 0) is 48.1 Å². The van der Waals surface area contributed by atoms with E-state index < -0.39 is 17.8 Å². The lowest BCUT2D eigenvalue weighted by Gasteiger charge is -2.17. The van der Waals surface area contributed by atoms with E-state index >= 15 is 0 Å². The topological polar surface area (TPSA) is 64.6 Å². The summed E-state index contributed by atoms with van der Waals surface area (Å²) in [5.74, 6) is 0. The van der Waals surface area contributed by atoms with Gasteiger partial charge in [0.25, 0.3) is 6.47 Å². The molecule has 1 fully saturated rings. The summed E-state index contributed by atoms with van der Waals surface area (Å²) in [4.78, 5) is 23.4. The Balaban J connectivity index is 1.27. The van der Waals surface area contributed by atoms with Crippen molar-refractivity contribution >= 4 is 29.7 Å². The minimum absolute atomic E-state index is 0.429. The highest BCUT2D eigenvalue weighted by atomic mass is 35.5. The van der Waals surface area contributed by atoms with Crippen LogP contribution in [0.1, 0.15) is 49.0 Å². The smallest absolute Gasteiger partial charge is 0.411 e. The molecule has 0 aromatic heterocycles. The number of carbonyl (C=O) groups is 2. The van der Waals surface area contributed by atoms with Crippen molar-refractivity contribution in [1.29, 1.82) is 0 Å². The zero-order valence-electron chi connectivity index (χ0n) is 19.9. The maximum Gasteiger partial charge on any atom is 0.411 e. The summed E-state index contributed by atoms with van der Waals surface area (Å²) in [6.07, 6.45) is 5.41. The third-order valence-corrected chi connectivity index (χ3v) is 7.07. The van der Waals surface area contributed by atoms with Crippen LogP contribution in [0.15, 0.2) is 90.6 Å². The first kappa shape index (κ1) is 23.9. The number of halogens is 1. The van der Waals surface area contributed by atoms with Gasteiger partial charge in [-0.3, -0.25) is 10.1 Å². The number of ether oxygens (including phenoxy) is 2. The summed E-state index contributed by atoms with van der Waals surface area (Å²) in [7, 11) is 0. The van der Waals surface area contributed by atoms with Crippen LogP contribution >= 0.6 is 11.6 Å². The van der Waals surface area contributed by atoms with Gasteiger partial charge in [-0.25, -0.2) is 4.79 Å². The molecule has 0 saturated heterocycles. The lowest BCUT2D eigenvalue weighted by Crippen LogP contribution is -2.25. The number of benzene rings is 3. The molecule has 0 heterocycles. The Morgan fingerprint density at radius 1 is 0.972 bits per heavy atom. The minimum Gasteiger partial charge on any atom is -0.456 e. The van der Waals surface area contributed by atoms with Crippen LogP contribution in [0.25, 0.3) is 16.7 Å². The van der Waals surface area contributed by atoms with Gasteiger partial charge in [0.15, 0.2) is 0 Å². The largest absolute Gasteiger partial charge is 0.456 e. The van der Waals surface area contributed by atoms with Gasteiger partial charge >= 0.3 is 6.09 Å². The first-order valence-electron chi connectivity index (χ1n) is 11.9. The summed E-state index contributed by atoms with van der Waals surface area (Å²) in [5, 5.41) is 3.47. The lowest BCUT2D eigenvalue weighted by molar-refractivity contribution is -0.136. The SMILES string of the molecule is C[C@@H](OC(=O)NC1=C(c2ccc(-c3ccc(C4(OC=O)CC4)cc3)cc2)C=CC1)c1ccccc1Cl. The van der Waals surface area contributed by atoms with E-state index in [1.165, 1.54) is 0 Å². The molecule has 5 nitrogen and oxygen atoms in total. The summed E-state index contributed by atoms with van der Waals surface area (Å²) < 4.78 is 10.9. The second-order valence-electron chi connectivity index (χ2n) is 9.06. The molecule has 0 bridgehead atoms. The zero-order valence-corrected chi connectivity index (χ0v) is 20.6. The molecule has 3 aromatic rings. The van der Waals surface area contributed by atoms with Gasteiger partial charge in [0, 0.05) is 28.3 Å². The molecule has 3 aromatic carbocycles. The first-order valence-corrected chi connectivity index (χ1v) is 12.3. The summed E-state index contributed by atoms with van der Waals surface area (Å²) in [5.41, 5.74) is 6.29. The van der Waals surface area contributed by atoms with Gasteiger partial charge in [0.2, 0.25) is 0 Å². The highest BCUT2D eigenvalue weighted by molar-refractivity contribution is 6.31. The number of alkyl carbamates (subject to hydrolysis) is 1. The van der Waals surface area contributed by atoms with Crippen molar-refractivity contribution in [2.75, 3.05) is 0 Å². The van der Waals surface area contributed by atoms with Crippen molar-refractivity contribution in [3.63, 3.8) is 0 Å². The summed E-state index contributed by atoms with van der Waals surface area (Å²) in [6.45, 7) is 2.34. The van der Waals surface area contributed by atoms with Crippen LogP contribution in [0.4, 0.5) is 4.79 Å². The molecule has 2 aliphatic carbocycles. The second kappa shape index (κ2) is 10.0. The molecule has 0 unspecified atom stereocenters. The van der Waals surface area contributed by atoms with Crippen LogP contribution in [-0.4, -0.2) is 12.6 Å². The highest BCUT2D eigenvalue weighted by Crippen LogP contribution is 2.49. The van der Waals surface area contributed by atoms with E-state index in [9.17, 15) is 9.59 Å². The van der Waals surface area contributed by atoms with E-state index in [1.54, 1.807) is 13.0 Å². The molecule has 182 valence electrons. The number of rotatable bonds is 8. The molecule has 36 heavy (non-hydrogen) atoms. The lowest BCUT2D eigenvalue weighted by atomic mass is 9.98. The molecule has 2 aliphatic rings. The van der Waals surface area contributed by atoms with E-state index in [1.807, 2.05) is 54.6 Å². The van der Waals surface area contributed by atoms with E-state index in [0.717, 1.165) is 51.9 Å². The summed E-state index contributed by atoms with van der Waals surface area (Å²) in [6, 6.07) is 23.7. The van der Waals surface area contributed by atoms with Crippen LogP contribution in [0.5, 0.6) is 0 Å². The van der Waals surface area contributed by atoms with Gasteiger partial charge in [0.05, 0.1) is 0 Å². The fourth-order valence-electron chi connectivity index (χ4n) is 4.56. The Morgan fingerprint density at radius 2 is 1.61 bits per heavy atom. The first-order chi connectivity index (χ1) is 17.5. The number of hydrogen-bond acceptors (Lipinski definition) is 4. The standard InChI is InChI=1S/C30H26ClNO4/c1-20(25-5-2-3-7-27(25)31)36-29(34)32-28-8-4-6-26(28)23-11-9-21(10-12-23)22-13-15-24(16-14-22)30(17-18-30)35-19-33/h2-7,9-16,19-20H,8,17-18H2,1H3,(H,32,34)/t20-/m1/s1. The number of allylic oxidation sites excluding steroid dienone is 3. The normalized spacial score (nSPS) is 16.4. The number of nitrogens with one attached hydrogen (secondary N) is 1. The van der Waals surface area contributed by atoms with E-state index in [0.29, 0.717) is 17.9 Å². The average molecular weight is 500 g/mol. The Bertz CT molecular complexity index is 1340. The van der Waals surface area contributed by atoms with Crippen molar-refractivity contribution in [2.45, 2.75) is 37.9 Å². The van der Waals surface area contributed by atoms with Crippen LogP contribution in [-0.2, 0) is 19.9 Å². The molecule has 0 aliphatic heterocycles. The Kier molecular flexibility index (Phi) is 6.66. The zero-order chi connectivity index (χ0) is 25.1. The maximum atomic E-state index is 12.6. The Labute approximate surface area is 215 Å². The van der Waals surface area contributed by atoms with E-state index in [-0.39, 0.29) is 0 Å². The fraction of sp³-hybridized carbons (Fsp3) is 0.200. The molecule has 0 radical (unpaired) electrons. The molecule has 6 heteroatoms. The monoisotopic (exact) mass is 499 g/mol. The van der Waals surface area contributed by atoms with Crippen LogP contribution in [0, 0.1) is 0 Å². The molecule has 5 rings (SSSR count). The van der Waals surface area contributed by atoms with Crippen molar-refractivity contribution in [3.05, 3.63) is 112 Å². The molecular formula is C30H26ClNO4. The number of carbonyl (C=O) groups excluding carboxylic acids is 2. The van der Waals surface area contributed by atoms with E-state index in [2.05, 4.69) is 29.6 Å². The Morgan fingerprint density at radius 3 is 2.25 bits per heavy atom. The van der Waals surface area contributed by atoms with Gasteiger partial charge in [-0.1, -0.05) is 90.5 Å². The minimum atomic E-state index is -0.512. The third-order valence-electron chi connectivity index (χ3n) is 6.73. The molecule has 1 amide bonds. The predicted molar refractivity (Wildman–Crippen MR) is 140 cm³/mol. The summed E-state index contributed by atoms with van der Waals surface area (Å²) >= 11 is 6.23. The third kappa shape index (κ3) is 4.93. The van der Waals surface area contributed by atoms with Gasteiger partial charge in [-0.2, -0.15) is 0 Å². The quantitative estimate of drug-likeness (QED) is 0.329. The van der Waals surface area contributed by atoms with Crippen LogP contribution in [0.2, 0.25) is 5.02 Å². The number of hydrogen-bond donors (Lipinski definition) is 1. The van der Waals surface area contributed by atoms with Crippen LogP contribution < -0.4 is 5.32 Å². The van der Waals surface area contributed by atoms with Gasteiger partial charge in [0.1, 0.15) is 11.7 Å².